The third kappa shape index (κ3) is 3.03. The summed E-state index contributed by atoms with van der Waals surface area (Å²) in [5, 5.41) is 3.16. The van der Waals surface area contributed by atoms with Gasteiger partial charge >= 0.3 is 5.97 Å². The summed E-state index contributed by atoms with van der Waals surface area (Å²) in [5.41, 5.74) is 3.95. The second-order valence-electron chi connectivity index (χ2n) is 4.85. The molecule has 0 unspecified atom stereocenters. The minimum atomic E-state index is -0.0595. The van der Waals surface area contributed by atoms with E-state index in [4.69, 9.17) is 4.74 Å². The van der Waals surface area contributed by atoms with E-state index in [0.717, 1.165) is 24.9 Å². The minimum Gasteiger partial charge on any atom is -0.466 e. The average Bonchev–Trinajstić information content (AvgIpc) is 2.38. The van der Waals surface area contributed by atoms with Crippen molar-refractivity contribution in [2.75, 3.05) is 19.0 Å². The Balaban J connectivity index is 2.02. The van der Waals surface area contributed by atoms with Gasteiger partial charge in [0, 0.05) is 19.2 Å². The summed E-state index contributed by atoms with van der Waals surface area (Å²) >= 11 is 0. The molecule has 0 amide bonds. The Bertz CT molecular complexity index is 429. The maximum absolute atomic E-state index is 11.5. The van der Waals surface area contributed by atoms with Crippen LogP contribution in [0.4, 0.5) is 5.69 Å². The predicted molar refractivity (Wildman–Crippen MR) is 72.8 cm³/mol. The summed E-state index contributed by atoms with van der Waals surface area (Å²) in [4.78, 5) is 11.5. The van der Waals surface area contributed by atoms with E-state index in [1.165, 1.54) is 11.1 Å². The smallest absolute Gasteiger partial charge is 0.306 e. The van der Waals surface area contributed by atoms with Crippen LogP contribution in [0.1, 0.15) is 30.9 Å². The van der Waals surface area contributed by atoms with Gasteiger partial charge in [0.15, 0.2) is 0 Å². The van der Waals surface area contributed by atoms with Crippen LogP contribution in [0, 0.1) is 5.92 Å². The van der Waals surface area contributed by atoms with Crippen LogP contribution >= 0.6 is 0 Å². The molecule has 0 bridgehead atoms. The summed E-state index contributed by atoms with van der Waals surface area (Å²) in [6.45, 7) is 2.33. The second kappa shape index (κ2) is 5.89. The monoisotopic (exact) mass is 247 g/mol. The molecular formula is C15H21NO2. The zero-order valence-electron chi connectivity index (χ0n) is 11.2. The van der Waals surface area contributed by atoms with E-state index in [-0.39, 0.29) is 5.97 Å². The quantitative estimate of drug-likeness (QED) is 0.831. The Labute approximate surface area is 109 Å². The van der Waals surface area contributed by atoms with Crippen molar-refractivity contribution in [2.24, 2.45) is 5.92 Å². The molecule has 1 atom stereocenters. The molecule has 0 heterocycles. The number of ether oxygens (including phenoxy) is 1. The summed E-state index contributed by atoms with van der Waals surface area (Å²) in [6.07, 6.45) is 3.70. The molecule has 3 heteroatoms. The molecule has 1 aromatic rings. The Morgan fingerprint density at radius 1 is 1.44 bits per heavy atom. The summed E-state index contributed by atoms with van der Waals surface area (Å²) in [6, 6.07) is 6.51. The van der Waals surface area contributed by atoms with Gasteiger partial charge in [-0.25, -0.2) is 0 Å². The first-order valence-corrected chi connectivity index (χ1v) is 6.68. The average molecular weight is 247 g/mol. The van der Waals surface area contributed by atoms with Crippen molar-refractivity contribution in [3.8, 4) is 0 Å². The number of esters is 1. The predicted octanol–water partition coefficient (Wildman–Crippen LogP) is 2.79. The molecule has 1 N–H and O–H groups in total. The number of anilines is 1. The van der Waals surface area contributed by atoms with Gasteiger partial charge in [0.1, 0.15) is 0 Å². The number of carbonyl (C=O) groups is 1. The molecule has 3 nitrogen and oxygen atoms in total. The van der Waals surface area contributed by atoms with Crippen molar-refractivity contribution in [2.45, 2.75) is 32.6 Å². The molecule has 0 fully saturated rings. The maximum Gasteiger partial charge on any atom is 0.306 e. The summed E-state index contributed by atoms with van der Waals surface area (Å²) < 4.78 is 5.03. The number of hydrogen-bond donors (Lipinski definition) is 1. The van der Waals surface area contributed by atoms with Gasteiger partial charge in [0.2, 0.25) is 0 Å². The number of rotatable bonds is 4. The van der Waals surface area contributed by atoms with Crippen LogP contribution in [0.3, 0.4) is 0 Å². The highest BCUT2D eigenvalue weighted by molar-refractivity contribution is 5.69. The third-order valence-electron chi connectivity index (χ3n) is 3.59. The van der Waals surface area contributed by atoms with E-state index >= 15 is 0 Å². The van der Waals surface area contributed by atoms with Crippen molar-refractivity contribution < 1.29 is 9.53 Å². The van der Waals surface area contributed by atoms with E-state index in [0.29, 0.717) is 18.9 Å². The van der Waals surface area contributed by atoms with Gasteiger partial charge in [-0.15, -0.1) is 0 Å². The Morgan fingerprint density at radius 2 is 2.28 bits per heavy atom. The lowest BCUT2D eigenvalue weighted by molar-refractivity contribution is -0.144. The molecule has 1 aliphatic rings. The molecular weight excluding hydrogens is 226 g/mol. The van der Waals surface area contributed by atoms with Crippen LogP contribution in [-0.2, 0) is 22.4 Å². The van der Waals surface area contributed by atoms with Gasteiger partial charge in [-0.1, -0.05) is 6.07 Å². The topological polar surface area (TPSA) is 38.3 Å². The van der Waals surface area contributed by atoms with Crippen molar-refractivity contribution >= 4 is 11.7 Å². The number of nitrogens with one attached hydrogen (secondary N) is 1. The minimum absolute atomic E-state index is 0.0595. The van der Waals surface area contributed by atoms with E-state index in [9.17, 15) is 4.79 Å². The maximum atomic E-state index is 11.5. The first kappa shape index (κ1) is 12.9. The fourth-order valence-corrected chi connectivity index (χ4v) is 2.62. The molecule has 0 radical (unpaired) electrons. The van der Waals surface area contributed by atoms with Gasteiger partial charge in [0.05, 0.1) is 6.61 Å². The zero-order valence-corrected chi connectivity index (χ0v) is 11.2. The van der Waals surface area contributed by atoms with Gasteiger partial charge in [-0.05, 0) is 55.4 Å². The summed E-state index contributed by atoms with van der Waals surface area (Å²) in [7, 11) is 1.93. The van der Waals surface area contributed by atoms with Crippen molar-refractivity contribution in [1.82, 2.24) is 0 Å². The lowest BCUT2D eigenvalue weighted by Crippen LogP contribution is -2.19. The normalized spacial score (nSPS) is 18.0. The molecule has 1 aromatic carbocycles. The number of hydrogen-bond acceptors (Lipinski definition) is 3. The van der Waals surface area contributed by atoms with Crippen LogP contribution in [-0.4, -0.2) is 19.6 Å². The van der Waals surface area contributed by atoms with Gasteiger partial charge in [0.25, 0.3) is 0 Å². The highest BCUT2D eigenvalue weighted by Crippen LogP contribution is 2.29. The van der Waals surface area contributed by atoms with Gasteiger partial charge < -0.3 is 10.1 Å². The summed E-state index contributed by atoms with van der Waals surface area (Å²) in [5.74, 6) is 0.374. The second-order valence-corrected chi connectivity index (χ2v) is 4.85. The first-order chi connectivity index (χ1) is 8.72. The molecule has 18 heavy (non-hydrogen) atoms. The fourth-order valence-electron chi connectivity index (χ4n) is 2.62. The fraction of sp³-hybridized carbons (Fsp3) is 0.533. The molecule has 0 saturated carbocycles. The molecule has 0 aromatic heterocycles. The van der Waals surface area contributed by atoms with E-state index in [1.54, 1.807) is 0 Å². The Kier molecular flexibility index (Phi) is 4.24. The van der Waals surface area contributed by atoms with Crippen molar-refractivity contribution in [3.05, 3.63) is 29.3 Å². The molecule has 98 valence electrons. The van der Waals surface area contributed by atoms with Gasteiger partial charge in [-0.2, -0.15) is 0 Å². The largest absolute Gasteiger partial charge is 0.466 e. The molecule has 1 aliphatic carbocycles. The lowest BCUT2D eigenvalue weighted by Gasteiger charge is -2.24. The lowest BCUT2D eigenvalue weighted by atomic mass is 9.82. The van der Waals surface area contributed by atoms with Crippen LogP contribution in [0.15, 0.2) is 18.2 Å². The zero-order chi connectivity index (χ0) is 13.0. The number of aryl methyl sites for hydroxylation is 1. The number of benzene rings is 1. The molecule has 0 spiro atoms. The van der Waals surface area contributed by atoms with Crippen LogP contribution in [0.5, 0.6) is 0 Å². The van der Waals surface area contributed by atoms with E-state index < -0.39 is 0 Å². The number of fused-ring (bicyclic) bond motifs is 1. The molecule has 2 rings (SSSR count). The van der Waals surface area contributed by atoms with Crippen LogP contribution in [0.2, 0.25) is 0 Å². The van der Waals surface area contributed by atoms with Crippen LogP contribution < -0.4 is 5.32 Å². The highest BCUT2D eigenvalue weighted by Gasteiger charge is 2.21. The molecule has 0 aliphatic heterocycles. The standard InChI is InChI=1S/C15H21NO2/c1-3-18-15(17)9-11-4-5-12-6-7-14(16-2)10-13(12)8-11/h6-7,10-11,16H,3-5,8-9H2,1-2H3/t11-/m0/s1. The molecule has 0 saturated heterocycles. The third-order valence-corrected chi connectivity index (χ3v) is 3.59. The Morgan fingerprint density at radius 3 is 3.00 bits per heavy atom. The first-order valence-electron chi connectivity index (χ1n) is 6.68. The number of carbonyl (C=O) groups excluding carboxylic acids is 1. The van der Waals surface area contributed by atoms with Crippen molar-refractivity contribution in [1.29, 1.82) is 0 Å². The van der Waals surface area contributed by atoms with Crippen LogP contribution in [0.25, 0.3) is 0 Å². The Hall–Kier alpha value is -1.51. The SMILES string of the molecule is CCOC(=O)C[C@H]1CCc2ccc(NC)cc2C1. The van der Waals surface area contributed by atoms with Crippen molar-refractivity contribution in [3.63, 3.8) is 0 Å². The highest BCUT2D eigenvalue weighted by atomic mass is 16.5. The van der Waals surface area contributed by atoms with E-state index in [2.05, 4.69) is 23.5 Å². The van der Waals surface area contributed by atoms with Gasteiger partial charge in [-0.3, -0.25) is 4.79 Å². The van der Waals surface area contributed by atoms with E-state index in [1.807, 2.05) is 14.0 Å².